The summed E-state index contributed by atoms with van der Waals surface area (Å²) in [6.07, 6.45) is 6.84. The van der Waals surface area contributed by atoms with Crippen molar-refractivity contribution in [3.8, 4) is 0 Å². The molecule has 1 rings (SSSR count). The van der Waals surface area contributed by atoms with Crippen molar-refractivity contribution in [2.75, 3.05) is 26.7 Å². The van der Waals surface area contributed by atoms with E-state index in [0.29, 0.717) is 5.41 Å². The smallest absolute Gasteiger partial charge is 0.000829 e. The normalized spacial score (nSPS) is 25.6. The van der Waals surface area contributed by atoms with E-state index < -0.39 is 0 Å². The Morgan fingerprint density at radius 3 is 2.47 bits per heavy atom. The summed E-state index contributed by atoms with van der Waals surface area (Å²) in [6.45, 7) is 9.94. The zero-order chi connectivity index (χ0) is 11.6. The van der Waals surface area contributed by atoms with E-state index in [1.165, 1.54) is 51.7 Å². The van der Waals surface area contributed by atoms with E-state index in [9.17, 15) is 0 Å². The fourth-order valence-electron chi connectivity index (χ4n) is 2.50. The Hall–Kier alpha value is -0.0800. The number of hydrogen-bond acceptors (Lipinski definition) is 2. The van der Waals surface area contributed by atoms with E-state index in [2.05, 4.69) is 24.6 Å². The van der Waals surface area contributed by atoms with Crippen LogP contribution in [-0.2, 0) is 0 Å². The third-order valence-corrected chi connectivity index (χ3v) is 3.25. The molecular weight excluding hydrogens is 184 g/mol. The molecule has 0 bridgehead atoms. The van der Waals surface area contributed by atoms with Gasteiger partial charge in [0.25, 0.3) is 0 Å². The van der Waals surface area contributed by atoms with Gasteiger partial charge >= 0.3 is 0 Å². The van der Waals surface area contributed by atoms with E-state index in [1.54, 1.807) is 0 Å². The van der Waals surface area contributed by atoms with Crippen molar-refractivity contribution < 1.29 is 0 Å². The van der Waals surface area contributed by atoms with E-state index in [0.717, 1.165) is 0 Å². The summed E-state index contributed by atoms with van der Waals surface area (Å²) in [6, 6.07) is 0. The molecule has 92 valence electrons. The third kappa shape index (κ3) is 5.53. The standard InChI is InChI=1S/C11H24N2.C2H6/c1-3-5-11(7-9-12-2)6-4-8-13-10-11;1-2/h12-13H,3-10H2,1-2H3;1-2H3. The topological polar surface area (TPSA) is 24.1 Å². The SMILES string of the molecule is CC.CCCC1(CCNC)CCCNC1. The van der Waals surface area contributed by atoms with Gasteiger partial charge in [-0.15, -0.1) is 0 Å². The van der Waals surface area contributed by atoms with Gasteiger partial charge in [0.2, 0.25) is 0 Å². The van der Waals surface area contributed by atoms with Gasteiger partial charge < -0.3 is 10.6 Å². The van der Waals surface area contributed by atoms with Crippen molar-refractivity contribution in [1.82, 2.24) is 10.6 Å². The van der Waals surface area contributed by atoms with Gasteiger partial charge in [-0.3, -0.25) is 0 Å². The lowest BCUT2D eigenvalue weighted by Crippen LogP contribution is -2.41. The highest BCUT2D eigenvalue weighted by Crippen LogP contribution is 2.34. The molecule has 0 aromatic rings. The average Bonchev–Trinajstić information content (AvgIpc) is 2.31. The molecule has 2 N–H and O–H groups in total. The summed E-state index contributed by atoms with van der Waals surface area (Å²) in [7, 11) is 2.05. The Kier molecular flexibility index (Phi) is 9.12. The zero-order valence-electron chi connectivity index (χ0n) is 11.2. The van der Waals surface area contributed by atoms with Crippen molar-refractivity contribution in [1.29, 1.82) is 0 Å². The number of rotatable bonds is 5. The highest BCUT2D eigenvalue weighted by atomic mass is 14.9. The quantitative estimate of drug-likeness (QED) is 0.735. The van der Waals surface area contributed by atoms with Gasteiger partial charge in [-0.05, 0) is 51.2 Å². The zero-order valence-corrected chi connectivity index (χ0v) is 11.2. The van der Waals surface area contributed by atoms with Crippen molar-refractivity contribution in [2.45, 2.75) is 52.9 Å². The molecule has 1 unspecified atom stereocenters. The first-order valence-electron chi connectivity index (χ1n) is 6.68. The van der Waals surface area contributed by atoms with E-state index in [-0.39, 0.29) is 0 Å². The maximum atomic E-state index is 3.54. The van der Waals surface area contributed by atoms with Crippen LogP contribution in [0.2, 0.25) is 0 Å². The van der Waals surface area contributed by atoms with E-state index in [1.807, 2.05) is 13.8 Å². The van der Waals surface area contributed by atoms with Crippen molar-refractivity contribution >= 4 is 0 Å². The van der Waals surface area contributed by atoms with Crippen molar-refractivity contribution in [3.63, 3.8) is 0 Å². The molecule has 1 aliphatic heterocycles. The van der Waals surface area contributed by atoms with Gasteiger partial charge in [0.15, 0.2) is 0 Å². The molecule has 2 nitrogen and oxygen atoms in total. The Morgan fingerprint density at radius 2 is 2.00 bits per heavy atom. The Balaban J connectivity index is 0.000000921. The molecule has 1 heterocycles. The molecule has 0 spiro atoms. The summed E-state index contributed by atoms with van der Waals surface area (Å²) in [5.74, 6) is 0. The second kappa shape index (κ2) is 9.17. The van der Waals surface area contributed by atoms with Crippen LogP contribution < -0.4 is 10.6 Å². The summed E-state index contributed by atoms with van der Waals surface area (Å²) < 4.78 is 0. The molecule has 1 aliphatic rings. The Morgan fingerprint density at radius 1 is 1.27 bits per heavy atom. The van der Waals surface area contributed by atoms with Crippen LogP contribution in [-0.4, -0.2) is 26.7 Å². The molecule has 15 heavy (non-hydrogen) atoms. The van der Waals surface area contributed by atoms with E-state index >= 15 is 0 Å². The van der Waals surface area contributed by atoms with E-state index in [4.69, 9.17) is 0 Å². The highest BCUT2D eigenvalue weighted by molar-refractivity contribution is 4.85. The van der Waals surface area contributed by atoms with Crippen LogP contribution >= 0.6 is 0 Å². The number of piperidine rings is 1. The van der Waals surface area contributed by atoms with Crippen LogP contribution in [0.4, 0.5) is 0 Å². The lowest BCUT2D eigenvalue weighted by Gasteiger charge is -2.38. The second-order valence-electron chi connectivity index (χ2n) is 4.38. The number of hydrogen-bond donors (Lipinski definition) is 2. The molecular formula is C13H30N2. The predicted molar refractivity (Wildman–Crippen MR) is 69.3 cm³/mol. The molecule has 0 aromatic heterocycles. The Bertz CT molecular complexity index is 123. The number of nitrogens with one attached hydrogen (secondary N) is 2. The third-order valence-electron chi connectivity index (χ3n) is 3.25. The lowest BCUT2D eigenvalue weighted by molar-refractivity contribution is 0.174. The fourth-order valence-corrected chi connectivity index (χ4v) is 2.50. The molecule has 0 aromatic carbocycles. The summed E-state index contributed by atoms with van der Waals surface area (Å²) >= 11 is 0. The molecule has 1 atom stereocenters. The van der Waals surface area contributed by atoms with Crippen LogP contribution in [0.15, 0.2) is 0 Å². The maximum Gasteiger partial charge on any atom is 0.000829 e. The minimum atomic E-state index is 0.607. The predicted octanol–water partition coefficient (Wildman–Crippen LogP) is 2.79. The van der Waals surface area contributed by atoms with Gasteiger partial charge in [-0.25, -0.2) is 0 Å². The average molecular weight is 214 g/mol. The van der Waals surface area contributed by atoms with Gasteiger partial charge in [0, 0.05) is 6.54 Å². The Labute approximate surface area is 96.2 Å². The van der Waals surface area contributed by atoms with Crippen molar-refractivity contribution in [2.24, 2.45) is 5.41 Å². The fraction of sp³-hybridized carbons (Fsp3) is 1.00. The van der Waals surface area contributed by atoms with Gasteiger partial charge in [0.05, 0.1) is 0 Å². The minimum absolute atomic E-state index is 0.607. The highest BCUT2D eigenvalue weighted by Gasteiger charge is 2.29. The lowest BCUT2D eigenvalue weighted by atomic mass is 9.74. The second-order valence-corrected chi connectivity index (χ2v) is 4.38. The molecule has 0 aliphatic carbocycles. The van der Waals surface area contributed by atoms with Crippen molar-refractivity contribution in [3.05, 3.63) is 0 Å². The first-order chi connectivity index (χ1) is 7.33. The maximum absolute atomic E-state index is 3.54. The van der Waals surface area contributed by atoms with Gasteiger partial charge in [0.1, 0.15) is 0 Å². The van der Waals surface area contributed by atoms with Crippen LogP contribution in [0.5, 0.6) is 0 Å². The minimum Gasteiger partial charge on any atom is -0.320 e. The first-order valence-corrected chi connectivity index (χ1v) is 6.68. The summed E-state index contributed by atoms with van der Waals surface area (Å²) in [5, 5.41) is 6.81. The molecule has 2 heteroatoms. The van der Waals surface area contributed by atoms with Crippen LogP contribution in [0.1, 0.15) is 52.9 Å². The molecule has 0 amide bonds. The summed E-state index contributed by atoms with van der Waals surface area (Å²) in [5.41, 5.74) is 0.607. The molecule has 0 radical (unpaired) electrons. The first kappa shape index (κ1) is 14.9. The summed E-state index contributed by atoms with van der Waals surface area (Å²) in [4.78, 5) is 0. The van der Waals surface area contributed by atoms with Crippen LogP contribution in [0, 0.1) is 5.41 Å². The van der Waals surface area contributed by atoms with Gasteiger partial charge in [-0.1, -0.05) is 27.2 Å². The largest absolute Gasteiger partial charge is 0.320 e. The van der Waals surface area contributed by atoms with Gasteiger partial charge in [-0.2, -0.15) is 0 Å². The molecule has 1 fully saturated rings. The molecule has 1 saturated heterocycles. The van der Waals surface area contributed by atoms with Crippen LogP contribution in [0.3, 0.4) is 0 Å². The molecule has 0 saturated carbocycles. The monoisotopic (exact) mass is 214 g/mol. The van der Waals surface area contributed by atoms with Crippen LogP contribution in [0.25, 0.3) is 0 Å².